The van der Waals surface area contributed by atoms with E-state index in [4.69, 9.17) is 4.99 Å². The van der Waals surface area contributed by atoms with E-state index >= 15 is 0 Å². The van der Waals surface area contributed by atoms with E-state index in [1.807, 2.05) is 12.1 Å². The number of anilines is 1. The molecular formula is C24H28N2O2S. The average molecular weight is 409 g/mol. The molecule has 29 heavy (non-hydrogen) atoms. The topological polar surface area (TPSA) is 49.7 Å². The minimum Gasteiger partial charge on any atom is -0.293 e. The van der Waals surface area contributed by atoms with Gasteiger partial charge in [0.05, 0.1) is 16.6 Å². The Morgan fingerprint density at radius 2 is 1.79 bits per heavy atom. The third-order valence-electron chi connectivity index (χ3n) is 6.61. The first-order valence-corrected chi connectivity index (χ1v) is 12.3. The first kappa shape index (κ1) is 18.9. The van der Waals surface area contributed by atoms with Gasteiger partial charge in [-0.2, -0.15) is 0 Å². The molecule has 0 spiro atoms. The lowest BCUT2D eigenvalue weighted by Gasteiger charge is -2.19. The van der Waals surface area contributed by atoms with Gasteiger partial charge in [0.1, 0.15) is 0 Å². The Kier molecular flexibility index (Phi) is 4.94. The van der Waals surface area contributed by atoms with Crippen LogP contribution in [-0.2, 0) is 16.4 Å². The highest BCUT2D eigenvalue weighted by Crippen LogP contribution is 2.45. The molecule has 0 bridgehead atoms. The van der Waals surface area contributed by atoms with Crippen molar-refractivity contribution in [3.63, 3.8) is 0 Å². The van der Waals surface area contributed by atoms with Crippen molar-refractivity contribution in [2.24, 2.45) is 10.9 Å². The molecule has 1 heterocycles. The second kappa shape index (κ2) is 7.60. The molecule has 2 saturated carbocycles. The maximum Gasteiger partial charge on any atom is 0.264 e. The average Bonchev–Trinajstić information content (AvgIpc) is 3.41. The second-order valence-electron chi connectivity index (χ2n) is 8.63. The number of hydrogen-bond acceptors (Lipinski definition) is 3. The standard InChI is InChI=1S/C24H28N2O2S/c27-29(28,21-9-5-2-6-10-21)26-14-13-20-15-19(11-12-24(20)26)22-16-23(22)25-17-18-7-3-1-4-8-18/h2,5-6,9-12,15,17-18,22-23H,1,3-4,7-8,13-14,16H2/t22-,23+/m0/s1. The zero-order valence-corrected chi connectivity index (χ0v) is 17.5. The summed E-state index contributed by atoms with van der Waals surface area (Å²) in [4.78, 5) is 5.23. The van der Waals surface area contributed by atoms with E-state index in [2.05, 4.69) is 18.3 Å². The van der Waals surface area contributed by atoms with E-state index in [1.165, 1.54) is 37.7 Å². The molecule has 1 aliphatic heterocycles. The summed E-state index contributed by atoms with van der Waals surface area (Å²) < 4.78 is 27.6. The fraction of sp³-hybridized carbons (Fsp3) is 0.458. The van der Waals surface area contributed by atoms with Crippen LogP contribution in [0.2, 0.25) is 0 Å². The van der Waals surface area contributed by atoms with Crippen molar-refractivity contribution in [1.82, 2.24) is 0 Å². The number of sulfonamides is 1. The van der Waals surface area contributed by atoms with Crippen LogP contribution in [0.25, 0.3) is 0 Å². The van der Waals surface area contributed by atoms with Gasteiger partial charge in [-0.3, -0.25) is 9.30 Å². The van der Waals surface area contributed by atoms with Crippen molar-refractivity contribution >= 4 is 21.9 Å². The molecule has 0 amide bonds. The molecule has 2 fully saturated rings. The lowest BCUT2D eigenvalue weighted by Crippen LogP contribution is -2.29. The minimum absolute atomic E-state index is 0.358. The van der Waals surface area contributed by atoms with Gasteiger partial charge in [-0.1, -0.05) is 49.6 Å². The molecule has 2 aromatic carbocycles. The van der Waals surface area contributed by atoms with Gasteiger partial charge >= 0.3 is 0 Å². The fourth-order valence-electron chi connectivity index (χ4n) is 4.81. The zero-order valence-electron chi connectivity index (χ0n) is 16.7. The van der Waals surface area contributed by atoms with Crippen molar-refractivity contribution in [2.75, 3.05) is 10.8 Å². The molecule has 2 aromatic rings. The molecule has 152 valence electrons. The highest BCUT2D eigenvalue weighted by atomic mass is 32.2. The molecule has 5 rings (SSSR count). The Labute approximate surface area is 173 Å². The summed E-state index contributed by atoms with van der Waals surface area (Å²) in [6, 6.07) is 15.5. The summed E-state index contributed by atoms with van der Waals surface area (Å²) in [7, 11) is -3.49. The molecule has 5 heteroatoms. The van der Waals surface area contributed by atoms with Gasteiger partial charge < -0.3 is 0 Å². The van der Waals surface area contributed by atoms with Crippen LogP contribution in [-0.4, -0.2) is 27.2 Å². The summed E-state index contributed by atoms with van der Waals surface area (Å²) in [5.74, 6) is 1.18. The minimum atomic E-state index is -3.49. The molecule has 4 nitrogen and oxygen atoms in total. The zero-order chi connectivity index (χ0) is 19.8. The maximum atomic E-state index is 13.0. The van der Waals surface area contributed by atoms with E-state index in [1.54, 1.807) is 28.6 Å². The molecule has 0 saturated heterocycles. The lowest BCUT2D eigenvalue weighted by atomic mass is 9.90. The number of fused-ring (bicyclic) bond motifs is 1. The Bertz CT molecular complexity index is 1010. The molecular weight excluding hydrogens is 380 g/mol. The van der Waals surface area contributed by atoms with Crippen molar-refractivity contribution in [2.45, 2.75) is 61.8 Å². The predicted molar refractivity (Wildman–Crippen MR) is 117 cm³/mol. The monoisotopic (exact) mass is 408 g/mol. The third kappa shape index (κ3) is 3.73. The highest BCUT2D eigenvalue weighted by molar-refractivity contribution is 7.92. The number of aliphatic imine (C=N–C) groups is 1. The number of hydrogen-bond donors (Lipinski definition) is 0. The van der Waals surface area contributed by atoms with E-state index in [-0.39, 0.29) is 0 Å². The van der Waals surface area contributed by atoms with Crippen LogP contribution in [0.3, 0.4) is 0 Å². The summed E-state index contributed by atoms with van der Waals surface area (Å²) in [6.45, 7) is 0.518. The van der Waals surface area contributed by atoms with E-state index in [9.17, 15) is 8.42 Å². The maximum absolute atomic E-state index is 13.0. The molecule has 2 aliphatic carbocycles. The third-order valence-corrected chi connectivity index (χ3v) is 8.44. The largest absolute Gasteiger partial charge is 0.293 e. The number of rotatable bonds is 5. The summed E-state index contributed by atoms with van der Waals surface area (Å²) in [5, 5.41) is 0. The van der Waals surface area contributed by atoms with Gasteiger partial charge in [0.25, 0.3) is 10.0 Å². The van der Waals surface area contributed by atoms with Crippen molar-refractivity contribution in [1.29, 1.82) is 0 Å². The predicted octanol–water partition coefficient (Wildman–Crippen LogP) is 4.95. The molecule has 0 unspecified atom stereocenters. The second-order valence-corrected chi connectivity index (χ2v) is 10.5. The Morgan fingerprint density at radius 3 is 2.59 bits per heavy atom. The van der Waals surface area contributed by atoms with Crippen LogP contribution in [0.5, 0.6) is 0 Å². The molecule has 2 atom stereocenters. The van der Waals surface area contributed by atoms with E-state index in [0.29, 0.717) is 29.3 Å². The normalized spacial score (nSPS) is 24.8. The van der Waals surface area contributed by atoms with Crippen molar-refractivity contribution in [3.8, 4) is 0 Å². The fourth-order valence-corrected chi connectivity index (χ4v) is 6.34. The highest BCUT2D eigenvalue weighted by Gasteiger charge is 2.39. The Morgan fingerprint density at radius 1 is 1.00 bits per heavy atom. The van der Waals surface area contributed by atoms with Crippen LogP contribution < -0.4 is 4.31 Å². The van der Waals surface area contributed by atoms with Gasteiger partial charge in [-0.15, -0.1) is 0 Å². The van der Waals surface area contributed by atoms with Crippen LogP contribution in [0.4, 0.5) is 5.69 Å². The summed E-state index contributed by atoms with van der Waals surface area (Å²) in [5.41, 5.74) is 3.29. The SMILES string of the molecule is O=S(=O)(c1ccccc1)N1CCc2cc([C@@H]3C[C@H]3N=CC3CCCCC3)ccc21. The van der Waals surface area contributed by atoms with Gasteiger partial charge in [0, 0.05) is 18.7 Å². The Balaban J connectivity index is 1.30. The van der Waals surface area contributed by atoms with Crippen LogP contribution in [0, 0.1) is 5.92 Å². The van der Waals surface area contributed by atoms with Gasteiger partial charge in [-0.25, -0.2) is 8.42 Å². The van der Waals surface area contributed by atoms with E-state index < -0.39 is 10.0 Å². The number of nitrogens with zero attached hydrogens (tertiary/aromatic N) is 2. The van der Waals surface area contributed by atoms with Crippen LogP contribution in [0.1, 0.15) is 55.6 Å². The Hall–Kier alpha value is -2.14. The first-order chi connectivity index (χ1) is 14.1. The lowest BCUT2D eigenvalue weighted by molar-refractivity contribution is 0.444. The summed E-state index contributed by atoms with van der Waals surface area (Å²) in [6.07, 6.45) is 10.8. The smallest absolute Gasteiger partial charge is 0.264 e. The van der Waals surface area contributed by atoms with Gasteiger partial charge in [0.2, 0.25) is 0 Å². The molecule has 0 radical (unpaired) electrons. The number of benzene rings is 2. The summed E-state index contributed by atoms with van der Waals surface area (Å²) >= 11 is 0. The quantitative estimate of drug-likeness (QED) is 0.658. The van der Waals surface area contributed by atoms with Crippen molar-refractivity contribution in [3.05, 3.63) is 59.7 Å². The van der Waals surface area contributed by atoms with Crippen molar-refractivity contribution < 1.29 is 8.42 Å². The van der Waals surface area contributed by atoms with Gasteiger partial charge in [0.15, 0.2) is 0 Å². The van der Waals surface area contributed by atoms with Crippen LogP contribution in [0.15, 0.2) is 58.4 Å². The molecule has 3 aliphatic rings. The van der Waals surface area contributed by atoms with Crippen LogP contribution >= 0.6 is 0 Å². The molecule has 0 aromatic heterocycles. The molecule has 0 N–H and O–H groups in total. The van der Waals surface area contributed by atoms with Gasteiger partial charge in [-0.05, 0) is 60.9 Å². The first-order valence-electron chi connectivity index (χ1n) is 10.9. The van der Waals surface area contributed by atoms with E-state index in [0.717, 1.165) is 24.1 Å².